The molecular formula is C15H14ClNO3. The predicted molar refractivity (Wildman–Crippen MR) is 78.5 cm³/mol. The van der Waals surface area contributed by atoms with Gasteiger partial charge in [0.1, 0.15) is 5.75 Å². The Hall–Kier alpha value is -2.20. The van der Waals surface area contributed by atoms with E-state index in [4.69, 9.17) is 22.1 Å². The van der Waals surface area contributed by atoms with Crippen LogP contribution in [0.3, 0.4) is 0 Å². The molecule has 0 aliphatic rings. The van der Waals surface area contributed by atoms with Crippen LogP contribution in [0, 0.1) is 6.92 Å². The van der Waals surface area contributed by atoms with E-state index in [1.54, 1.807) is 36.4 Å². The van der Waals surface area contributed by atoms with Gasteiger partial charge in [0.2, 0.25) is 0 Å². The molecule has 2 aromatic rings. The number of carbonyl (C=O) groups is 1. The lowest BCUT2D eigenvalue weighted by Gasteiger charge is -2.10. The van der Waals surface area contributed by atoms with Crippen molar-refractivity contribution in [2.24, 2.45) is 0 Å². The number of hydrogen-bond donors (Lipinski definition) is 1. The summed E-state index contributed by atoms with van der Waals surface area (Å²) in [6.45, 7) is 1.88. The van der Waals surface area contributed by atoms with E-state index >= 15 is 0 Å². The van der Waals surface area contributed by atoms with Crippen molar-refractivity contribution < 1.29 is 14.3 Å². The zero-order valence-electron chi connectivity index (χ0n) is 11.1. The van der Waals surface area contributed by atoms with Crippen LogP contribution in [0.25, 0.3) is 0 Å². The summed E-state index contributed by atoms with van der Waals surface area (Å²) in [7, 11) is 1.32. The van der Waals surface area contributed by atoms with Crippen molar-refractivity contribution in [2.45, 2.75) is 6.92 Å². The molecule has 0 heterocycles. The molecule has 0 amide bonds. The number of methoxy groups -OCH3 is 1. The Kier molecular flexibility index (Phi) is 4.15. The SMILES string of the molecule is COC(=O)c1ccc(N)c(Oc2ccc(Cl)c(C)c2)c1. The van der Waals surface area contributed by atoms with Crippen molar-refractivity contribution in [3.63, 3.8) is 0 Å². The Morgan fingerprint density at radius 1 is 1.20 bits per heavy atom. The minimum absolute atomic E-state index is 0.377. The second-order valence-electron chi connectivity index (χ2n) is 4.26. The van der Waals surface area contributed by atoms with Crippen LogP contribution in [0.4, 0.5) is 5.69 Å². The molecule has 0 saturated heterocycles. The first kappa shape index (κ1) is 14.2. The molecule has 2 rings (SSSR count). The van der Waals surface area contributed by atoms with Crippen LogP contribution in [0.1, 0.15) is 15.9 Å². The number of carbonyl (C=O) groups excluding carboxylic acids is 1. The number of nitrogen functional groups attached to an aromatic ring is 1. The largest absolute Gasteiger partial charge is 0.465 e. The minimum Gasteiger partial charge on any atom is -0.465 e. The number of aryl methyl sites for hydroxylation is 1. The highest BCUT2D eigenvalue weighted by Gasteiger charge is 2.10. The number of nitrogens with two attached hydrogens (primary N) is 1. The topological polar surface area (TPSA) is 61.5 Å². The van der Waals surface area contributed by atoms with Crippen LogP contribution < -0.4 is 10.5 Å². The van der Waals surface area contributed by atoms with Gasteiger partial charge >= 0.3 is 5.97 Å². The molecule has 4 nitrogen and oxygen atoms in total. The Morgan fingerprint density at radius 3 is 2.60 bits per heavy atom. The maximum Gasteiger partial charge on any atom is 0.337 e. The summed E-state index contributed by atoms with van der Waals surface area (Å²) >= 11 is 5.96. The molecule has 5 heteroatoms. The summed E-state index contributed by atoms with van der Waals surface area (Å²) in [5, 5.41) is 0.661. The van der Waals surface area contributed by atoms with Crippen LogP contribution >= 0.6 is 11.6 Å². The smallest absolute Gasteiger partial charge is 0.337 e. The van der Waals surface area contributed by atoms with E-state index in [-0.39, 0.29) is 0 Å². The van der Waals surface area contributed by atoms with Crippen LogP contribution in [0.15, 0.2) is 36.4 Å². The molecule has 20 heavy (non-hydrogen) atoms. The van der Waals surface area contributed by atoms with Gasteiger partial charge in [-0.25, -0.2) is 4.79 Å². The van der Waals surface area contributed by atoms with Gasteiger partial charge in [-0.1, -0.05) is 11.6 Å². The fourth-order valence-electron chi connectivity index (χ4n) is 1.68. The van der Waals surface area contributed by atoms with Crippen LogP contribution in [-0.4, -0.2) is 13.1 Å². The van der Waals surface area contributed by atoms with E-state index in [9.17, 15) is 4.79 Å². The molecule has 2 N–H and O–H groups in total. The van der Waals surface area contributed by atoms with Gasteiger partial charge in [0.05, 0.1) is 18.4 Å². The second-order valence-corrected chi connectivity index (χ2v) is 4.66. The predicted octanol–water partition coefficient (Wildman–Crippen LogP) is 3.81. The average molecular weight is 292 g/mol. The highest BCUT2D eigenvalue weighted by molar-refractivity contribution is 6.31. The monoisotopic (exact) mass is 291 g/mol. The Balaban J connectivity index is 2.32. The molecule has 2 aromatic carbocycles. The van der Waals surface area contributed by atoms with Gasteiger partial charge in [0.15, 0.2) is 5.75 Å². The zero-order valence-corrected chi connectivity index (χ0v) is 11.9. The number of esters is 1. The number of rotatable bonds is 3. The van der Waals surface area contributed by atoms with Gasteiger partial charge in [0, 0.05) is 5.02 Å². The van der Waals surface area contributed by atoms with Gasteiger partial charge in [-0.15, -0.1) is 0 Å². The summed E-state index contributed by atoms with van der Waals surface area (Å²) in [5.41, 5.74) is 7.55. The maximum atomic E-state index is 11.5. The van der Waals surface area contributed by atoms with Crippen molar-refractivity contribution in [1.29, 1.82) is 0 Å². The lowest BCUT2D eigenvalue weighted by molar-refractivity contribution is 0.0600. The Labute approximate surface area is 122 Å². The summed E-state index contributed by atoms with van der Waals surface area (Å²) in [6, 6.07) is 10.0. The van der Waals surface area contributed by atoms with Crippen LogP contribution in [-0.2, 0) is 4.74 Å². The molecule has 0 unspecified atom stereocenters. The molecular weight excluding hydrogens is 278 g/mol. The fourth-order valence-corrected chi connectivity index (χ4v) is 1.79. The molecule has 0 aromatic heterocycles. The molecule has 0 aliphatic heterocycles. The third kappa shape index (κ3) is 3.03. The van der Waals surface area contributed by atoms with E-state index in [0.717, 1.165) is 5.56 Å². The quantitative estimate of drug-likeness (QED) is 0.690. The molecule has 0 bridgehead atoms. The maximum absolute atomic E-state index is 11.5. The first-order valence-corrected chi connectivity index (χ1v) is 6.31. The molecule has 0 saturated carbocycles. The molecule has 104 valence electrons. The van der Waals surface area contributed by atoms with Gasteiger partial charge in [-0.2, -0.15) is 0 Å². The summed E-state index contributed by atoms with van der Waals surface area (Å²) in [5.74, 6) is 0.553. The number of halogens is 1. The van der Waals surface area contributed by atoms with Crippen molar-refractivity contribution in [1.82, 2.24) is 0 Å². The van der Waals surface area contributed by atoms with E-state index in [0.29, 0.717) is 27.8 Å². The first-order valence-electron chi connectivity index (χ1n) is 5.93. The number of ether oxygens (including phenoxy) is 2. The molecule has 0 radical (unpaired) electrons. The summed E-state index contributed by atoms with van der Waals surface area (Å²) < 4.78 is 10.4. The number of benzene rings is 2. The highest BCUT2D eigenvalue weighted by Crippen LogP contribution is 2.30. The number of anilines is 1. The summed E-state index contributed by atoms with van der Waals surface area (Å²) in [6.07, 6.45) is 0. The molecule has 0 atom stereocenters. The van der Waals surface area contributed by atoms with Crippen LogP contribution in [0.2, 0.25) is 5.02 Å². The second kappa shape index (κ2) is 5.84. The minimum atomic E-state index is -0.442. The molecule has 0 fully saturated rings. The normalized spacial score (nSPS) is 10.2. The van der Waals surface area contributed by atoms with E-state index in [1.807, 2.05) is 6.92 Å². The lowest BCUT2D eigenvalue weighted by Crippen LogP contribution is -2.02. The Morgan fingerprint density at radius 2 is 1.95 bits per heavy atom. The van der Waals surface area contributed by atoms with Gasteiger partial charge in [0.25, 0.3) is 0 Å². The van der Waals surface area contributed by atoms with Crippen molar-refractivity contribution in [3.8, 4) is 11.5 Å². The molecule has 0 aliphatic carbocycles. The lowest BCUT2D eigenvalue weighted by atomic mass is 10.2. The van der Waals surface area contributed by atoms with E-state index in [1.165, 1.54) is 7.11 Å². The van der Waals surface area contributed by atoms with E-state index < -0.39 is 5.97 Å². The third-order valence-electron chi connectivity index (χ3n) is 2.79. The van der Waals surface area contributed by atoms with Crippen molar-refractivity contribution >= 4 is 23.3 Å². The van der Waals surface area contributed by atoms with Crippen molar-refractivity contribution in [2.75, 3.05) is 12.8 Å². The highest BCUT2D eigenvalue weighted by atomic mass is 35.5. The van der Waals surface area contributed by atoms with Gasteiger partial charge in [-0.3, -0.25) is 0 Å². The van der Waals surface area contributed by atoms with Crippen molar-refractivity contribution in [3.05, 3.63) is 52.5 Å². The van der Waals surface area contributed by atoms with E-state index in [2.05, 4.69) is 4.74 Å². The summed E-state index contributed by atoms with van der Waals surface area (Å²) in [4.78, 5) is 11.5. The van der Waals surface area contributed by atoms with Gasteiger partial charge < -0.3 is 15.2 Å². The number of hydrogen-bond acceptors (Lipinski definition) is 4. The zero-order chi connectivity index (χ0) is 14.7. The average Bonchev–Trinajstić information content (AvgIpc) is 2.44. The van der Waals surface area contributed by atoms with Crippen LogP contribution in [0.5, 0.6) is 11.5 Å². The fraction of sp³-hybridized carbons (Fsp3) is 0.133. The third-order valence-corrected chi connectivity index (χ3v) is 3.22. The first-order chi connectivity index (χ1) is 9.51. The molecule has 0 spiro atoms. The van der Waals surface area contributed by atoms with Gasteiger partial charge in [-0.05, 0) is 48.9 Å². The standard InChI is InChI=1S/C15H14ClNO3/c1-9-7-11(4-5-12(9)16)20-14-8-10(15(18)19-2)3-6-13(14)17/h3-8H,17H2,1-2H3. The Bertz CT molecular complexity index is 656.